The number of anilines is 1. The van der Waals surface area contributed by atoms with Crippen molar-refractivity contribution >= 4 is 5.69 Å². The smallest absolute Gasteiger partial charge is 0.213 e. The Bertz CT molecular complexity index is 627. The number of oxazole rings is 1. The molecule has 0 saturated carbocycles. The average molecular weight is 285 g/mol. The molecule has 1 atom stereocenters. The Kier molecular flexibility index (Phi) is 3.49. The van der Waals surface area contributed by atoms with E-state index in [0.29, 0.717) is 6.54 Å². The molecule has 1 aromatic carbocycles. The first-order chi connectivity index (χ1) is 9.93. The second kappa shape index (κ2) is 5.19. The summed E-state index contributed by atoms with van der Waals surface area (Å²) in [5.41, 5.74) is 8.71. The summed E-state index contributed by atoms with van der Waals surface area (Å²) in [5, 5.41) is 0. The van der Waals surface area contributed by atoms with Gasteiger partial charge in [-0.25, -0.2) is 4.98 Å². The molecule has 0 spiro atoms. The quantitative estimate of drug-likeness (QED) is 0.922. The molecular weight excluding hydrogens is 262 g/mol. The summed E-state index contributed by atoms with van der Waals surface area (Å²) >= 11 is 0. The second-order valence-corrected chi connectivity index (χ2v) is 6.84. The zero-order chi connectivity index (χ0) is 15.0. The fourth-order valence-corrected chi connectivity index (χ4v) is 2.76. The number of fused-ring (bicyclic) bond motifs is 1. The highest BCUT2D eigenvalue weighted by molar-refractivity contribution is 5.56. The topological polar surface area (TPSA) is 55.3 Å². The SMILES string of the molecule is CC(C)(C)c1cnc(CN2CC(N)Cc3ccccc32)o1. The van der Waals surface area contributed by atoms with E-state index in [1.54, 1.807) is 0 Å². The number of nitrogens with zero attached hydrogens (tertiary/aromatic N) is 2. The molecular formula is C17H23N3O. The monoisotopic (exact) mass is 285 g/mol. The number of benzene rings is 1. The lowest BCUT2D eigenvalue weighted by Gasteiger charge is -2.33. The summed E-state index contributed by atoms with van der Waals surface area (Å²) in [6, 6.07) is 8.60. The minimum atomic E-state index is -0.0124. The number of aromatic nitrogens is 1. The van der Waals surface area contributed by atoms with Crippen LogP contribution < -0.4 is 10.6 Å². The van der Waals surface area contributed by atoms with Gasteiger partial charge in [-0.05, 0) is 18.1 Å². The van der Waals surface area contributed by atoms with Crippen molar-refractivity contribution in [3.63, 3.8) is 0 Å². The van der Waals surface area contributed by atoms with E-state index in [9.17, 15) is 0 Å². The van der Waals surface area contributed by atoms with Crippen molar-refractivity contribution in [2.24, 2.45) is 5.73 Å². The molecule has 4 nitrogen and oxygen atoms in total. The zero-order valence-corrected chi connectivity index (χ0v) is 13.0. The van der Waals surface area contributed by atoms with Crippen LogP contribution in [0.2, 0.25) is 0 Å². The Morgan fingerprint density at radius 3 is 2.81 bits per heavy atom. The molecule has 0 radical (unpaired) electrons. The lowest BCUT2D eigenvalue weighted by Crippen LogP contribution is -2.42. The fraction of sp³-hybridized carbons (Fsp3) is 0.471. The Hall–Kier alpha value is -1.81. The standard InChI is InChI=1S/C17H23N3O/c1-17(2,3)15-9-19-16(21-15)11-20-10-13(18)8-12-6-4-5-7-14(12)20/h4-7,9,13H,8,10-11,18H2,1-3H3. The van der Waals surface area contributed by atoms with E-state index < -0.39 is 0 Å². The van der Waals surface area contributed by atoms with E-state index >= 15 is 0 Å². The van der Waals surface area contributed by atoms with Gasteiger partial charge in [0.1, 0.15) is 5.76 Å². The molecule has 3 rings (SSSR count). The van der Waals surface area contributed by atoms with E-state index in [2.05, 4.69) is 54.9 Å². The molecule has 21 heavy (non-hydrogen) atoms. The van der Waals surface area contributed by atoms with Gasteiger partial charge in [0.15, 0.2) is 0 Å². The molecule has 112 valence electrons. The van der Waals surface area contributed by atoms with E-state index in [1.165, 1.54) is 11.3 Å². The zero-order valence-electron chi connectivity index (χ0n) is 13.0. The average Bonchev–Trinajstić information content (AvgIpc) is 2.87. The van der Waals surface area contributed by atoms with Gasteiger partial charge in [-0.3, -0.25) is 0 Å². The summed E-state index contributed by atoms with van der Waals surface area (Å²) in [4.78, 5) is 6.69. The molecule has 0 fully saturated rings. The predicted molar refractivity (Wildman–Crippen MR) is 84.4 cm³/mol. The molecule has 1 aliphatic rings. The van der Waals surface area contributed by atoms with E-state index in [4.69, 9.17) is 10.2 Å². The van der Waals surface area contributed by atoms with Gasteiger partial charge in [0.05, 0.1) is 12.7 Å². The van der Waals surface area contributed by atoms with Crippen LogP contribution in [0.15, 0.2) is 34.9 Å². The molecule has 0 saturated heterocycles. The van der Waals surface area contributed by atoms with Crippen LogP contribution in [0.3, 0.4) is 0 Å². The number of para-hydroxylation sites is 1. The summed E-state index contributed by atoms with van der Waals surface area (Å²) in [6.07, 6.45) is 2.77. The minimum Gasteiger partial charge on any atom is -0.443 e. The highest BCUT2D eigenvalue weighted by Gasteiger charge is 2.24. The maximum Gasteiger partial charge on any atom is 0.213 e. The van der Waals surface area contributed by atoms with Crippen LogP contribution in [0.5, 0.6) is 0 Å². The summed E-state index contributed by atoms with van der Waals surface area (Å²) < 4.78 is 5.91. The maximum absolute atomic E-state index is 6.18. The van der Waals surface area contributed by atoms with Gasteiger partial charge in [0.25, 0.3) is 0 Å². The van der Waals surface area contributed by atoms with Gasteiger partial charge >= 0.3 is 0 Å². The van der Waals surface area contributed by atoms with Crippen molar-refractivity contribution in [2.75, 3.05) is 11.4 Å². The van der Waals surface area contributed by atoms with E-state index in [-0.39, 0.29) is 11.5 Å². The third kappa shape index (κ3) is 2.95. The molecule has 1 aliphatic heterocycles. The normalized spacial score (nSPS) is 18.7. The first-order valence-corrected chi connectivity index (χ1v) is 7.47. The lowest BCUT2D eigenvalue weighted by atomic mass is 9.94. The van der Waals surface area contributed by atoms with Crippen LogP contribution in [0.25, 0.3) is 0 Å². The van der Waals surface area contributed by atoms with Crippen LogP contribution in [-0.2, 0) is 18.4 Å². The Balaban J connectivity index is 1.83. The van der Waals surface area contributed by atoms with Gasteiger partial charge < -0.3 is 15.1 Å². The van der Waals surface area contributed by atoms with Gasteiger partial charge in [0, 0.05) is 23.7 Å². The summed E-state index contributed by atoms with van der Waals surface area (Å²) in [6.45, 7) is 7.89. The number of rotatable bonds is 2. The number of hydrogen-bond donors (Lipinski definition) is 1. The molecule has 2 N–H and O–H groups in total. The Morgan fingerprint density at radius 2 is 2.10 bits per heavy atom. The van der Waals surface area contributed by atoms with Gasteiger partial charge in [-0.1, -0.05) is 39.0 Å². The Labute approximate surface area is 126 Å². The van der Waals surface area contributed by atoms with Crippen LogP contribution in [-0.4, -0.2) is 17.6 Å². The highest BCUT2D eigenvalue weighted by Crippen LogP contribution is 2.29. The number of nitrogens with two attached hydrogens (primary N) is 1. The summed E-state index contributed by atoms with van der Waals surface area (Å²) in [5.74, 6) is 1.68. The summed E-state index contributed by atoms with van der Waals surface area (Å²) in [7, 11) is 0. The van der Waals surface area contributed by atoms with Crippen molar-refractivity contribution < 1.29 is 4.42 Å². The largest absolute Gasteiger partial charge is 0.443 e. The maximum atomic E-state index is 6.18. The van der Waals surface area contributed by atoms with Crippen LogP contribution in [0, 0.1) is 0 Å². The molecule has 0 bridgehead atoms. The van der Waals surface area contributed by atoms with Gasteiger partial charge in [0.2, 0.25) is 5.89 Å². The van der Waals surface area contributed by atoms with Gasteiger partial charge in [-0.2, -0.15) is 0 Å². The van der Waals surface area contributed by atoms with Crippen molar-refractivity contribution in [2.45, 2.75) is 45.2 Å². The lowest BCUT2D eigenvalue weighted by molar-refractivity contribution is 0.378. The first kappa shape index (κ1) is 14.1. The van der Waals surface area contributed by atoms with Gasteiger partial charge in [-0.15, -0.1) is 0 Å². The first-order valence-electron chi connectivity index (χ1n) is 7.47. The Morgan fingerprint density at radius 1 is 1.33 bits per heavy atom. The van der Waals surface area contributed by atoms with Crippen LogP contribution in [0.4, 0.5) is 5.69 Å². The molecule has 1 unspecified atom stereocenters. The van der Waals surface area contributed by atoms with Crippen molar-refractivity contribution in [3.05, 3.63) is 47.7 Å². The molecule has 2 heterocycles. The third-order valence-corrected chi connectivity index (χ3v) is 3.89. The fourth-order valence-electron chi connectivity index (χ4n) is 2.76. The van der Waals surface area contributed by atoms with E-state index in [1.807, 2.05) is 6.20 Å². The third-order valence-electron chi connectivity index (χ3n) is 3.89. The molecule has 2 aromatic rings. The number of hydrogen-bond acceptors (Lipinski definition) is 4. The molecule has 0 aliphatic carbocycles. The molecule has 1 aromatic heterocycles. The predicted octanol–water partition coefficient (Wildman–Crippen LogP) is 2.86. The van der Waals surface area contributed by atoms with Crippen LogP contribution in [0.1, 0.15) is 38.0 Å². The highest BCUT2D eigenvalue weighted by atomic mass is 16.4. The van der Waals surface area contributed by atoms with E-state index in [0.717, 1.165) is 24.6 Å². The van der Waals surface area contributed by atoms with Crippen LogP contribution >= 0.6 is 0 Å². The van der Waals surface area contributed by atoms with Crippen molar-refractivity contribution in [1.82, 2.24) is 4.98 Å². The molecule has 4 heteroatoms. The van der Waals surface area contributed by atoms with Crippen molar-refractivity contribution in [1.29, 1.82) is 0 Å². The minimum absolute atomic E-state index is 0.0124. The second-order valence-electron chi connectivity index (χ2n) is 6.84. The molecule has 0 amide bonds. The van der Waals surface area contributed by atoms with Crippen molar-refractivity contribution in [3.8, 4) is 0 Å².